The van der Waals surface area contributed by atoms with Crippen molar-refractivity contribution >= 4 is 64.9 Å². The normalized spacial score (nSPS) is 11.0. The SMILES string of the molecule is C.C.C.C.C.C.C.C.CC(C)(C)c1ccc2ccccc2c1.CC(C)(C)n1ccc2ccccc2c1=O.CC(C)(C)n1ccc2cccnc21.Cc1cc(C(C)(C)C)c(C)c2ccccc12.Cc1cc(C(C)(C)C)cc2ccccc12.Cc1cc(C)cc(C(C)(C)C)c1.Cc1cc2ccccc2cc1C(C)(C)C.c1ccc(-c2ccccn2)nc1. The van der Waals surface area contributed by atoms with Crippen LogP contribution in [0, 0.1) is 41.5 Å². The molecule has 0 bridgehead atoms. The van der Waals surface area contributed by atoms with E-state index in [9.17, 15) is 4.79 Å². The molecule has 15 aromatic rings. The minimum atomic E-state index is -0.166. The molecule has 0 amide bonds. The Bertz CT molecular complexity index is 5590. The first-order chi connectivity index (χ1) is 52.4. The van der Waals surface area contributed by atoms with E-state index in [1.807, 2.05) is 106 Å². The third kappa shape index (κ3) is 30.3. The Morgan fingerprint density at radius 2 is 0.625 bits per heavy atom. The molecule has 5 aromatic heterocycles. The van der Waals surface area contributed by atoms with Gasteiger partial charge in [-0.15, -0.1) is 0 Å². The lowest BCUT2D eigenvalue weighted by Crippen LogP contribution is -2.33. The second-order valence-corrected chi connectivity index (χ2v) is 37.1. The van der Waals surface area contributed by atoms with Crippen molar-refractivity contribution in [1.29, 1.82) is 0 Å². The fourth-order valence-corrected chi connectivity index (χ4v) is 13.9. The first-order valence-corrected chi connectivity index (χ1v) is 39.8. The Balaban J connectivity index is 0.00000134. The maximum atomic E-state index is 12.1. The number of rotatable bonds is 1. The van der Waals surface area contributed by atoms with Gasteiger partial charge in [0.15, 0.2) is 0 Å². The molecule has 0 fully saturated rings. The molecular weight excluding hydrogens is 1460 g/mol. The maximum absolute atomic E-state index is 12.1. The number of aromatic nitrogens is 5. The number of nitrogens with zero attached hydrogens (tertiary/aromatic N) is 5. The highest BCUT2D eigenvalue weighted by molar-refractivity contribution is 5.90. The molecule has 6 heteroatoms. The summed E-state index contributed by atoms with van der Waals surface area (Å²) in [5.41, 5.74) is 19.6. The zero-order valence-electron chi connectivity index (χ0n) is 72.7. The average molecular weight is 1620 g/mol. The molecule has 0 aliphatic carbocycles. The van der Waals surface area contributed by atoms with Crippen LogP contribution >= 0.6 is 0 Å². The molecule has 0 saturated carbocycles. The Hall–Kier alpha value is -10.6. The summed E-state index contributed by atoms with van der Waals surface area (Å²) in [5.74, 6) is 0. The van der Waals surface area contributed by atoms with Crippen molar-refractivity contribution in [2.24, 2.45) is 0 Å². The number of hydrogen-bond donors (Lipinski definition) is 0. The largest absolute Gasteiger partial charge is 0.327 e. The summed E-state index contributed by atoms with van der Waals surface area (Å²) < 4.78 is 3.97. The summed E-state index contributed by atoms with van der Waals surface area (Å²) in [6.07, 6.45) is 9.33. The Morgan fingerprint density at radius 1 is 0.250 bits per heavy atom. The van der Waals surface area contributed by atoms with Gasteiger partial charge in [-0.3, -0.25) is 14.8 Å². The van der Waals surface area contributed by atoms with Gasteiger partial charge >= 0.3 is 0 Å². The van der Waals surface area contributed by atoms with E-state index in [1.165, 1.54) is 110 Å². The van der Waals surface area contributed by atoms with Crippen molar-refractivity contribution in [1.82, 2.24) is 24.1 Å². The average Bonchev–Trinajstić information content (AvgIpc) is 0.766. The number of aryl methyl sites for hydroxylation is 6. The van der Waals surface area contributed by atoms with Crippen LogP contribution in [0.2, 0.25) is 0 Å². The highest BCUT2D eigenvalue weighted by Gasteiger charge is 2.22. The first-order valence-electron chi connectivity index (χ1n) is 39.8. The lowest BCUT2D eigenvalue weighted by atomic mass is 9.81. The Kier molecular flexibility index (Phi) is 42.2. The molecule has 0 aliphatic heterocycles. The first kappa shape index (κ1) is 109. The van der Waals surface area contributed by atoms with Gasteiger partial charge in [0.05, 0.1) is 11.4 Å². The molecule has 0 aliphatic rings. The second-order valence-electron chi connectivity index (χ2n) is 37.1. The predicted octanol–water partition coefficient (Wildman–Crippen LogP) is 34.2. The van der Waals surface area contributed by atoms with Crippen molar-refractivity contribution in [2.75, 3.05) is 0 Å². The molecule has 15 rings (SSSR count). The van der Waals surface area contributed by atoms with Gasteiger partial charge in [0.2, 0.25) is 0 Å². The van der Waals surface area contributed by atoms with E-state index < -0.39 is 0 Å². The number of pyridine rings is 4. The minimum Gasteiger partial charge on any atom is -0.327 e. The van der Waals surface area contributed by atoms with Crippen LogP contribution in [0.1, 0.15) is 266 Å². The highest BCUT2D eigenvalue weighted by atomic mass is 16.1. The van der Waals surface area contributed by atoms with Crippen LogP contribution in [-0.2, 0) is 38.2 Å². The topological polar surface area (TPSA) is 65.6 Å². The highest BCUT2D eigenvalue weighted by Crippen LogP contribution is 2.35. The molecule has 0 saturated heterocycles. The second kappa shape index (κ2) is 46.3. The van der Waals surface area contributed by atoms with Crippen LogP contribution in [-0.4, -0.2) is 24.1 Å². The Labute approximate surface area is 731 Å². The zero-order chi connectivity index (χ0) is 82.3. The van der Waals surface area contributed by atoms with Crippen LogP contribution in [0.25, 0.3) is 76.3 Å². The van der Waals surface area contributed by atoms with Crippen molar-refractivity contribution in [2.45, 2.75) is 285 Å². The third-order valence-electron chi connectivity index (χ3n) is 20.2. The van der Waals surface area contributed by atoms with Gasteiger partial charge < -0.3 is 9.13 Å². The van der Waals surface area contributed by atoms with Crippen LogP contribution < -0.4 is 5.56 Å². The molecule has 0 N–H and O–H groups in total. The van der Waals surface area contributed by atoms with Gasteiger partial charge in [-0.05, 0) is 263 Å². The zero-order valence-corrected chi connectivity index (χ0v) is 72.7. The van der Waals surface area contributed by atoms with E-state index in [0.717, 1.165) is 27.8 Å². The van der Waals surface area contributed by atoms with E-state index in [4.69, 9.17) is 0 Å². The van der Waals surface area contributed by atoms with E-state index >= 15 is 0 Å². The van der Waals surface area contributed by atoms with E-state index in [0.29, 0.717) is 0 Å². The van der Waals surface area contributed by atoms with Crippen LogP contribution in [0.4, 0.5) is 0 Å². The van der Waals surface area contributed by atoms with Crippen molar-refractivity contribution in [3.63, 3.8) is 0 Å². The predicted molar refractivity (Wildman–Crippen MR) is 543 cm³/mol. The fraction of sp³-hybridized carbons (Fsp3) is 0.368. The number of fused-ring (bicyclic) bond motifs is 6. The standard InChI is InChI=1S/C16H20.2C15H18.C14H16.C13H15NO.C12H18.C11H14N2.C10H8N2.8CH4/c1-11-10-15(16(3,4)5)12(2)14-9-7-6-8-13(11)14;1-11-9-13(15(2,3)4)10-12-7-5-6-8-14(11)12;1-11-9-12-7-5-6-8-13(12)10-14(11)15(2,3)4;1-14(2,3)13-9-8-11-6-4-5-7-12(11)10-13;1-13(2,3)14-9-8-10-6-4-5-7-11(10)12(14)15;1-9-6-10(2)8-11(7-9)12(3,4)5;1-11(2,3)13-8-6-9-5-4-7-12-10(9)13;1-3-7-11-9(5-1)10-6-2-4-8-12-10;;;;;;;;/h6-10H,1-5H3;2*5-10H,1-4H3;4-10H,1-3H3;4-9H,1-3H3;6-8H,1-5H3;4-8H,1-3H3;1-8H;8*1H4. The molecule has 0 atom stereocenters. The molecule has 646 valence electrons. The smallest absolute Gasteiger partial charge is 0.258 e. The van der Waals surface area contributed by atoms with E-state index in [2.05, 4.69) is 368 Å². The minimum absolute atomic E-state index is 0. The Morgan fingerprint density at radius 3 is 1.10 bits per heavy atom. The molecule has 0 unspecified atom stereocenters. The summed E-state index contributed by atoms with van der Waals surface area (Å²) in [5, 5.41) is 13.8. The van der Waals surface area contributed by atoms with Crippen molar-refractivity contribution < 1.29 is 0 Å². The maximum Gasteiger partial charge on any atom is 0.258 e. The molecule has 5 heterocycles. The molecule has 0 radical (unpaired) electrons. The van der Waals surface area contributed by atoms with Gasteiger partial charge in [-0.2, -0.15) is 0 Å². The molecule has 6 nitrogen and oxygen atoms in total. The molecule has 10 aromatic carbocycles. The number of benzene rings is 10. The van der Waals surface area contributed by atoms with E-state index in [-0.39, 0.29) is 103 Å². The van der Waals surface area contributed by atoms with Crippen LogP contribution in [0.5, 0.6) is 0 Å². The van der Waals surface area contributed by atoms with Crippen molar-refractivity contribution in [3.8, 4) is 11.4 Å². The van der Waals surface area contributed by atoms with Gasteiger partial charge in [0, 0.05) is 52.8 Å². The van der Waals surface area contributed by atoms with Crippen LogP contribution in [0.15, 0.2) is 284 Å². The quantitative estimate of drug-likeness (QED) is 0.164. The van der Waals surface area contributed by atoms with Crippen LogP contribution in [0.3, 0.4) is 0 Å². The van der Waals surface area contributed by atoms with Gasteiger partial charge in [0.1, 0.15) is 5.65 Å². The summed E-state index contributed by atoms with van der Waals surface area (Å²) in [4.78, 5) is 24.9. The lowest BCUT2D eigenvalue weighted by molar-refractivity contribution is 0.386. The van der Waals surface area contributed by atoms with E-state index in [1.54, 1.807) is 17.0 Å². The summed E-state index contributed by atoms with van der Waals surface area (Å²) in [7, 11) is 0. The summed E-state index contributed by atoms with van der Waals surface area (Å²) in [6, 6.07) is 86.8. The van der Waals surface area contributed by atoms with Gasteiger partial charge in [0.25, 0.3) is 5.56 Å². The fourth-order valence-electron chi connectivity index (χ4n) is 13.9. The van der Waals surface area contributed by atoms with Gasteiger partial charge in [-0.1, -0.05) is 369 Å². The summed E-state index contributed by atoms with van der Waals surface area (Å²) in [6.45, 7) is 59.7. The van der Waals surface area contributed by atoms with Gasteiger partial charge in [-0.25, -0.2) is 4.98 Å². The lowest BCUT2D eigenvalue weighted by Gasteiger charge is -2.24. The molecule has 120 heavy (non-hydrogen) atoms. The monoisotopic (exact) mass is 1610 g/mol. The number of hydrogen-bond acceptors (Lipinski definition) is 4. The molecule has 0 spiro atoms. The molecular formula is C114H159N5O. The summed E-state index contributed by atoms with van der Waals surface area (Å²) >= 11 is 0. The van der Waals surface area contributed by atoms with Crippen molar-refractivity contribution in [3.05, 3.63) is 351 Å². The third-order valence-corrected chi connectivity index (χ3v) is 20.2.